The fraction of sp³-hybridized carbons (Fsp3) is 0.500. The molecule has 0 bridgehead atoms. The van der Waals surface area contributed by atoms with Crippen LogP contribution in [0, 0.1) is 6.92 Å². The van der Waals surface area contributed by atoms with E-state index in [1.54, 1.807) is 0 Å². The van der Waals surface area contributed by atoms with Gasteiger partial charge in [0.25, 0.3) is 0 Å². The molecule has 3 heterocycles. The Labute approximate surface area is 178 Å². The average Bonchev–Trinajstić information content (AvgIpc) is 3.19. The molecule has 30 heavy (non-hydrogen) atoms. The Hall–Kier alpha value is -2.60. The van der Waals surface area contributed by atoms with Crippen LogP contribution in [0.15, 0.2) is 36.4 Å². The minimum atomic E-state index is 0.168. The minimum Gasteiger partial charge on any atom is -0.378 e. The zero-order valence-corrected chi connectivity index (χ0v) is 17.8. The third-order valence-electron chi connectivity index (χ3n) is 6.70. The number of morpholine rings is 1. The van der Waals surface area contributed by atoms with Crippen molar-refractivity contribution in [2.45, 2.75) is 44.4 Å². The molecule has 2 fully saturated rings. The van der Waals surface area contributed by atoms with Gasteiger partial charge in [0.05, 0.1) is 18.6 Å². The predicted octanol–water partition coefficient (Wildman–Crippen LogP) is 4.42. The van der Waals surface area contributed by atoms with Crippen LogP contribution >= 0.6 is 0 Å². The number of hydrogen-bond donors (Lipinski definition) is 2. The van der Waals surface area contributed by atoms with E-state index in [9.17, 15) is 0 Å². The van der Waals surface area contributed by atoms with Gasteiger partial charge in [-0.25, -0.2) is 0 Å². The van der Waals surface area contributed by atoms with E-state index < -0.39 is 0 Å². The number of aromatic amines is 1. The largest absolute Gasteiger partial charge is 0.378 e. The maximum atomic E-state index is 5.51. The van der Waals surface area contributed by atoms with Gasteiger partial charge in [0.1, 0.15) is 11.5 Å². The molecule has 158 valence electrons. The first-order chi connectivity index (χ1) is 14.7. The summed E-state index contributed by atoms with van der Waals surface area (Å²) in [6, 6.07) is 13.2. The van der Waals surface area contributed by atoms with Crippen molar-refractivity contribution in [3.63, 3.8) is 0 Å². The van der Waals surface area contributed by atoms with E-state index in [-0.39, 0.29) is 5.41 Å². The van der Waals surface area contributed by atoms with Crippen LogP contribution in [0.2, 0.25) is 0 Å². The number of fused-ring (bicyclic) bond motifs is 1. The lowest BCUT2D eigenvalue weighted by molar-refractivity contribution is 0.122. The van der Waals surface area contributed by atoms with Gasteiger partial charge in [-0.2, -0.15) is 9.97 Å². The highest BCUT2D eigenvalue weighted by Crippen LogP contribution is 2.40. The van der Waals surface area contributed by atoms with Crippen molar-refractivity contribution in [3.8, 4) is 0 Å². The van der Waals surface area contributed by atoms with Crippen molar-refractivity contribution in [2.75, 3.05) is 43.1 Å². The Morgan fingerprint density at radius 1 is 1.07 bits per heavy atom. The maximum absolute atomic E-state index is 5.51. The van der Waals surface area contributed by atoms with Crippen LogP contribution < -0.4 is 10.2 Å². The van der Waals surface area contributed by atoms with E-state index in [0.717, 1.165) is 61.3 Å². The molecule has 0 radical (unpaired) electrons. The Morgan fingerprint density at radius 2 is 1.83 bits per heavy atom. The van der Waals surface area contributed by atoms with Gasteiger partial charge in [0.15, 0.2) is 0 Å². The molecule has 1 aliphatic heterocycles. The molecule has 2 aliphatic rings. The number of nitrogens with one attached hydrogen (secondary N) is 2. The second-order valence-electron chi connectivity index (χ2n) is 8.75. The van der Waals surface area contributed by atoms with Crippen molar-refractivity contribution in [3.05, 3.63) is 47.7 Å². The van der Waals surface area contributed by atoms with Gasteiger partial charge in [0, 0.05) is 30.7 Å². The molecule has 6 heteroatoms. The molecule has 6 nitrogen and oxygen atoms in total. The number of benzene rings is 1. The van der Waals surface area contributed by atoms with Crippen LogP contribution in [0.5, 0.6) is 0 Å². The zero-order chi connectivity index (χ0) is 20.4. The summed E-state index contributed by atoms with van der Waals surface area (Å²) in [4.78, 5) is 15.4. The van der Waals surface area contributed by atoms with E-state index in [4.69, 9.17) is 14.7 Å². The zero-order valence-electron chi connectivity index (χ0n) is 17.8. The molecule has 1 saturated heterocycles. The molecular formula is C24H31N5O. The van der Waals surface area contributed by atoms with E-state index in [2.05, 4.69) is 58.5 Å². The van der Waals surface area contributed by atoms with Crippen LogP contribution in [0.1, 0.15) is 43.4 Å². The van der Waals surface area contributed by atoms with Gasteiger partial charge in [-0.05, 0) is 31.4 Å². The summed E-state index contributed by atoms with van der Waals surface area (Å²) < 4.78 is 5.51. The standard InChI is InChI=1S/C24H31N5O/c1-18-16-20-21(27-23(28-22(20)26-18)29-12-14-30-15-13-29)25-17-24(10-6-3-7-11-24)19-8-4-2-5-9-19/h2,4-5,8-9,16H,3,6-7,10-15,17H2,1H3,(H2,25,26,27,28). The summed E-state index contributed by atoms with van der Waals surface area (Å²) in [5, 5.41) is 4.83. The molecule has 2 N–H and O–H groups in total. The van der Waals surface area contributed by atoms with Gasteiger partial charge in [0.2, 0.25) is 5.95 Å². The molecule has 3 aromatic rings. The quantitative estimate of drug-likeness (QED) is 0.658. The highest BCUT2D eigenvalue weighted by atomic mass is 16.5. The molecular weight excluding hydrogens is 374 g/mol. The molecule has 0 amide bonds. The lowest BCUT2D eigenvalue weighted by Crippen LogP contribution is -2.38. The first-order valence-corrected chi connectivity index (χ1v) is 11.2. The SMILES string of the molecule is Cc1cc2c(NCC3(c4ccccc4)CCCCC3)nc(N3CCOCC3)nc2[nH]1. The van der Waals surface area contributed by atoms with Crippen LogP contribution in [0.25, 0.3) is 11.0 Å². The highest BCUT2D eigenvalue weighted by molar-refractivity contribution is 5.89. The van der Waals surface area contributed by atoms with E-state index in [1.807, 2.05) is 0 Å². The number of hydrogen-bond acceptors (Lipinski definition) is 5. The Morgan fingerprint density at radius 3 is 2.60 bits per heavy atom. The Balaban J connectivity index is 1.47. The minimum absolute atomic E-state index is 0.168. The lowest BCUT2D eigenvalue weighted by Gasteiger charge is -2.38. The summed E-state index contributed by atoms with van der Waals surface area (Å²) in [6.45, 7) is 6.09. The normalized spacial score (nSPS) is 19.2. The lowest BCUT2D eigenvalue weighted by atomic mass is 9.69. The van der Waals surface area contributed by atoms with Gasteiger partial charge in [-0.1, -0.05) is 49.6 Å². The molecule has 1 aliphatic carbocycles. The van der Waals surface area contributed by atoms with Crippen molar-refractivity contribution in [1.82, 2.24) is 15.0 Å². The number of H-pyrrole nitrogens is 1. The summed E-state index contributed by atoms with van der Waals surface area (Å²) in [5.74, 6) is 1.72. The van der Waals surface area contributed by atoms with Gasteiger partial charge in [-0.3, -0.25) is 0 Å². The highest BCUT2D eigenvalue weighted by Gasteiger charge is 2.34. The number of nitrogens with zero attached hydrogens (tertiary/aromatic N) is 3. The van der Waals surface area contributed by atoms with Crippen LogP contribution in [-0.4, -0.2) is 47.8 Å². The second-order valence-corrected chi connectivity index (χ2v) is 8.75. The van der Waals surface area contributed by atoms with Gasteiger partial charge >= 0.3 is 0 Å². The van der Waals surface area contributed by atoms with Crippen LogP contribution in [-0.2, 0) is 10.2 Å². The van der Waals surface area contributed by atoms with Crippen LogP contribution in [0.3, 0.4) is 0 Å². The molecule has 0 spiro atoms. The summed E-state index contributed by atoms with van der Waals surface area (Å²) in [7, 11) is 0. The third kappa shape index (κ3) is 3.76. The molecule has 2 aromatic heterocycles. The van der Waals surface area contributed by atoms with Crippen molar-refractivity contribution in [2.24, 2.45) is 0 Å². The molecule has 0 atom stereocenters. The molecule has 1 saturated carbocycles. The third-order valence-corrected chi connectivity index (χ3v) is 6.70. The fourth-order valence-corrected chi connectivity index (χ4v) is 5.01. The second kappa shape index (κ2) is 8.26. The van der Waals surface area contributed by atoms with Crippen LogP contribution in [0.4, 0.5) is 11.8 Å². The first-order valence-electron chi connectivity index (χ1n) is 11.2. The van der Waals surface area contributed by atoms with Crippen molar-refractivity contribution < 1.29 is 4.74 Å². The maximum Gasteiger partial charge on any atom is 0.229 e. The fourth-order valence-electron chi connectivity index (χ4n) is 5.01. The molecule has 0 unspecified atom stereocenters. The number of aryl methyl sites for hydroxylation is 1. The van der Waals surface area contributed by atoms with Gasteiger partial charge < -0.3 is 19.9 Å². The topological polar surface area (TPSA) is 66.1 Å². The Bertz CT molecular complexity index is 988. The monoisotopic (exact) mass is 405 g/mol. The summed E-state index contributed by atoms with van der Waals surface area (Å²) in [6.07, 6.45) is 6.36. The first kappa shape index (κ1) is 19.4. The molecule has 1 aromatic carbocycles. The van der Waals surface area contributed by atoms with Crippen molar-refractivity contribution >= 4 is 22.8 Å². The Kier molecular flexibility index (Phi) is 5.34. The predicted molar refractivity (Wildman–Crippen MR) is 121 cm³/mol. The average molecular weight is 406 g/mol. The number of ether oxygens (including phenoxy) is 1. The molecule has 5 rings (SSSR count). The smallest absolute Gasteiger partial charge is 0.229 e. The number of anilines is 2. The number of rotatable bonds is 5. The van der Waals surface area contributed by atoms with E-state index in [1.165, 1.54) is 37.7 Å². The van der Waals surface area contributed by atoms with E-state index in [0.29, 0.717) is 0 Å². The van der Waals surface area contributed by atoms with E-state index >= 15 is 0 Å². The number of aromatic nitrogens is 3. The van der Waals surface area contributed by atoms with Gasteiger partial charge in [-0.15, -0.1) is 0 Å². The summed E-state index contributed by atoms with van der Waals surface area (Å²) >= 11 is 0. The summed E-state index contributed by atoms with van der Waals surface area (Å²) in [5.41, 5.74) is 3.63. The van der Waals surface area contributed by atoms with Crippen molar-refractivity contribution in [1.29, 1.82) is 0 Å².